The van der Waals surface area contributed by atoms with Gasteiger partial charge in [-0.05, 0) is 55.5 Å². The van der Waals surface area contributed by atoms with Crippen molar-refractivity contribution in [1.82, 2.24) is 5.32 Å². The zero-order valence-electron chi connectivity index (χ0n) is 15.5. The molecule has 2 N–H and O–H groups in total. The zero-order chi connectivity index (χ0) is 21.2. The third-order valence-electron chi connectivity index (χ3n) is 3.55. The standard InChI is InChI=1S/C20H18FN3O5/c1-13(29-17-8-2-14(10-22)3-9-17)20(27)28-12-19(26)23-11-18(25)24-16-6-4-15(21)5-7-16/h2-9,13H,11-12H2,1H3,(H,23,26)(H,24,25)/t13-/m1/s1. The molecule has 0 aromatic heterocycles. The van der Waals surface area contributed by atoms with Gasteiger partial charge in [0.05, 0.1) is 18.2 Å². The van der Waals surface area contributed by atoms with Crippen LogP contribution in [0.4, 0.5) is 10.1 Å². The van der Waals surface area contributed by atoms with E-state index in [9.17, 15) is 18.8 Å². The van der Waals surface area contributed by atoms with Crippen LogP contribution in [0.15, 0.2) is 48.5 Å². The van der Waals surface area contributed by atoms with Crippen LogP contribution in [-0.4, -0.2) is 37.0 Å². The molecule has 0 unspecified atom stereocenters. The number of amides is 2. The number of carbonyl (C=O) groups excluding carboxylic acids is 3. The zero-order valence-corrected chi connectivity index (χ0v) is 15.5. The summed E-state index contributed by atoms with van der Waals surface area (Å²) < 4.78 is 23.0. The van der Waals surface area contributed by atoms with E-state index in [0.717, 1.165) is 0 Å². The van der Waals surface area contributed by atoms with Gasteiger partial charge in [-0.1, -0.05) is 0 Å². The summed E-state index contributed by atoms with van der Waals surface area (Å²) >= 11 is 0. The average Bonchev–Trinajstić information content (AvgIpc) is 2.72. The Bertz CT molecular complexity index is 907. The normalized spacial score (nSPS) is 10.9. The molecular formula is C20H18FN3O5. The van der Waals surface area contributed by atoms with Gasteiger partial charge in [0.2, 0.25) is 5.91 Å². The Kier molecular flexibility index (Phi) is 7.68. The first-order valence-electron chi connectivity index (χ1n) is 8.53. The van der Waals surface area contributed by atoms with Crippen LogP contribution < -0.4 is 15.4 Å². The number of hydrogen-bond donors (Lipinski definition) is 2. The first kappa shape index (κ1) is 21.4. The maximum Gasteiger partial charge on any atom is 0.347 e. The predicted octanol–water partition coefficient (Wildman–Crippen LogP) is 1.76. The molecule has 29 heavy (non-hydrogen) atoms. The average molecular weight is 399 g/mol. The van der Waals surface area contributed by atoms with Crippen LogP contribution in [0.25, 0.3) is 0 Å². The number of rotatable bonds is 8. The number of nitriles is 1. The number of benzene rings is 2. The highest BCUT2D eigenvalue weighted by molar-refractivity contribution is 5.94. The molecule has 0 heterocycles. The first-order valence-corrected chi connectivity index (χ1v) is 8.53. The largest absolute Gasteiger partial charge is 0.479 e. The summed E-state index contributed by atoms with van der Waals surface area (Å²) in [7, 11) is 0. The number of esters is 1. The second kappa shape index (κ2) is 10.4. The highest BCUT2D eigenvalue weighted by atomic mass is 19.1. The SMILES string of the molecule is C[C@@H](Oc1ccc(C#N)cc1)C(=O)OCC(=O)NCC(=O)Nc1ccc(F)cc1. The maximum atomic E-state index is 12.8. The molecule has 0 radical (unpaired) electrons. The number of ether oxygens (including phenoxy) is 2. The number of hydrogen-bond acceptors (Lipinski definition) is 6. The van der Waals surface area contributed by atoms with Crippen molar-refractivity contribution >= 4 is 23.5 Å². The molecule has 2 rings (SSSR count). The molecule has 2 amide bonds. The van der Waals surface area contributed by atoms with Crippen LogP contribution in [0.1, 0.15) is 12.5 Å². The van der Waals surface area contributed by atoms with E-state index in [4.69, 9.17) is 14.7 Å². The number of anilines is 1. The fraction of sp³-hybridized carbons (Fsp3) is 0.200. The molecule has 0 bridgehead atoms. The van der Waals surface area contributed by atoms with Gasteiger partial charge in [-0.25, -0.2) is 9.18 Å². The molecule has 0 fully saturated rings. The quantitative estimate of drug-likeness (QED) is 0.653. The molecule has 0 aliphatic carbocycles. The van der Waals surface area contributed by atoms with Crippen molar-refractivity contribution in [3.05, 3.63) is 59.9 Å². The summed E-state index contributed by atoms with van der Waals surface area (Å²) in [6.45, 7) is 0.531. The molecule has 8 nitrogen and oxygen atoms in total. The lowest BCUT2D eigenvalue weighted by Crippen LogP contribution is -2.37. The summed E-state index contributed by atoms with van der Waals surface area (Å²) in [6.07, 6.45) is -0.975. The predicted molar refractivity (Wildman–Crippen MR) is 100 cm³/mol. The lowest BCUT2D eigenvalue weighted by Gasteiger charge is -2.14. The van der Waals surface area contributed by atoms with E-state index in [1.165, 1.54) is 55.5 Å². The van der Waals surface area contributed by atoms with Gasteiger partial charge in [-0.15, -0.1) is 0 Å². The minimum Gasteiger partial charge on any atom is -0.479 e. The fourth-order valence-electron chi connectivity index (χ4n) is 2.08. The lowest BCUT2D eigenvalue weighted by molar-refractivity contribution is -0.154. The third kappa shape index (κ3) is 7.30. The van der Waals surface area contributed by atoms with E-state index >= 15 is 0 Å². The Labute approximate surface area is 166 Å². The fourth-order valence-corrected chi connectivity index (χ4v) is 2.08. The molecule has 0 saturated heterocycles. The number of nitrogens with zero attached hydrogens (tertiary/aromatic N) is 1. The third-order valence-corrected chi connectivity index (χ3v) is 3.55. The topological polar surface area (TPSA) is 118 Å². The Balaban J connectivity index is 1.69. The monoisotopic (exact) mass is 399 g/mol. The summed E-state index contributed by atoms with van der Waals surface area (Å²) in [4.78, 5) is 35.3. The molecule has 2 aromatic rings. The van der Waals surface area contributed by atoms with Crippen molar-refractivity contribution < 1.29 is 28.2 Å². The second-order valence-electron chi connectivity index (χ2n) is 5.84. The van der Waals surface area contributed by atoms with Crippen molar-refractivity contribution in [1.29, 1.82) is 5.26 Å². The van der Waals surface area contributed by atoms with Crippen molar-refractivity contribution in [2.75, 3.05) is 18.5 Å². The molecule has 1 atom stereocenters. The maximum absolute atomic E-state index is 12.8. The Morgan fingerprint density at radius 2 is 1.72 bits per heavy atom. The van der Waals surface area contributed by atoms with Crippen LogP contribution >= 0.6 is 0 Å². The Morgan fingerprint density at radius 1 is 1.07 bits per heavy atom. The van der Waals surface area contributed by atoms with Gasteiger partial charge in [0.25, 0.3) is 5.91 Å². The first-order chi connectivity index (χ1) is 13.9. The summed E-state index contributed by atoms with van der Waals surface area (Å²) in [5.74, 6) is -2.02. The van der Waals surface area contributed by atoms with Gasteiger partial charge in [-0.3, -0.25) is 9.59 Å². The van der Waals surface area contributed by atoms with Crippen molar-refractivity contribution in [3.63, 3.8) is 0 Å². The summed E-state index contributed by atoms with van der Waals surface area (Å²) in [6, 6.07) is 13.3. The summed E-state index contributed by atoms with van der Waals surface area (Å²) in [5, 5.41) is 13.5. The highest BCUT2D eigenvalue weighted by Gasteiger charge is 2.18. The van der Waals surface area contributed by atoms with Crippen molar-refractivity contribution in [2.24, 2.45) is 0 Å². The van der Waals surface area contributed by atoms with Crippen molar-refractivity contribution in [2.45, 2.75) is 13.0 Å². The smallest absolute Gasteiger partial charge is 0.347 e. The van der Waals surface area contributed by atoms with Gasteiger partial charge < -0.3 is 20.1 Å². The molecule has 0 aliphatic heterocycles. The minimum absolute atomic E-state index is 0.342. The molecule has 2 aromatic carbocycles. The summed E-state index contributed by atoms with van der Waals surface area (Å²) in [5.41, 5.74) is 0.832. The number of carbonyl (C=O) groups is 3. The van der Waals surface area contributed by atoms with Gasteiger partial charge >= 0.3 is 5.97 Å². The highest BCUT2D eigenvalue weighted by Crippen LogP contribution is 2.14. The molecule has 150 valence electrons. The Hall–Kier alpha value is -3.93. The van der Waals surface area contributed by atoms with Crippen LogP contribution in [0.5, 0.6) is 5.75 Å². The van der Waals surface area contributed by atoms with Crippen LogP contribution in [0, 0.1) is 17.1 Å². The molecule has 0 saturated carbocycles. The van der Waals surface area contributed by atoms with Gasteiger partial charge in [0, 0.05) is 5.69 Å². The second-order valence-corrected chi connectivity index (χ2v) is 5.84. The van der Waals surface area contributed by atoms with Crippen LogP contribution in [0.3, 0.4) is 0 Å². The van der Waals surface area contributed by atoms with Crippen LogP contribution in [-0.2, 0) is 19.1 Å². The van der Waals surface area contributed by atoms with E-state index < -0.39 is 36.3 Å². The van der Waals surface area contributed by atoms with E-state index in [-0.39, 0.29) is 6.54 Å². The number of halogens is 1. The molecule has 0 aliphatic rings. The molecule has 0 spiro atoms. The van der Waals surface area contributed by atoms with Gasteiger partial charge in [0.15, 0.2) is 12.7 Å². The Morgan fingerprint density at radius 3 is 2.34 bits per heavy atom. The molecular weight excluding hydrogens is 381 g/mol. The number of nitrogens with one attached hydrogen (secondary N) is 2. The van der Waals surface area contributed by atoms with E-state index in [0.29, 0.717) is 17.0 Å². The molecule has 9 heteroatoms. The van der Waals surface area contributed by atoms with E-state index in [2.05, 4.69) is 10.6 Å². The van der Waals surface area contributed by atoms with E-state index in [1.807, 2.05) is 6.07 Å². The van der Waals surface area contributed by atoms with Gasteiger partial charge in [-0.2, -0.15) is 5.26 Å². The van der Waals surface area contributed by atoms with E-state index in [1.54, 1.807) is 0 Å². The lowest BCUT2D eigenvalue weighted by atomic mass is 10.2. The van der Waals surface area contributed by atoms with Crippen molar-refractivity contribution in [3.8, 4) is 11.8 Å². The van der Waals surface area contributed by atoms with Gasteiger partial charge in [0.1, 0.15) is 11.6 Å². The minimum atomic E-state index is -0.975. The van der Waals surface area contributed by atoms with Crippen LogP contribution in [0.2, 0.25) is 0 Å².